The van der Waals surface area contributed by atoms with Gasteiger partial charge in [-0.1, -0.05) is 0 Å². The van der Waals surface area contributed by atoms with Crippen molar-refractivity contribution in [1.82, 2.24) is 4.57 Å². The Labute approximate surface area is 198 Å². The maximum absolute atomic E-state index is 9.00. The van der Waals surface area contributed by atoms with E-state index in [2.05, 4.69) is 47.9 Å². The molecular weight excluding hydrogens is 450 g/mol. The molecule has 7 heteroatoms. The van der Waals surface area contributed by atoms with Crippen molar-refractivity contribution in [3.05, 3.63) is 57.3 Å². The molecule has 162 valence electrons. The minimum absolute atomic E-state index is 0.672. The van der Waals surface area contributed by atoms with E-state index in [1.54, 1.807) is 36.5 Å². The maximum atomic E-state index is 9.00. The predicted octanol–water partition coefficient (Wildman–Crippen LogP) is 8.31. The predicted molar refractivity (Wildman–Crippen MR) is 135 cm³/mol. The van der Waals surface area contributed by atoms with Crippen LogP contribution in [0.3, 0.4) is 0 Å². The van der Waals surface area contributed by atoms with Gasteiger partial charge in [0.1, 0.15) is 11.2 Å². The fourth-order valence-electron chi connectivity index (χ4n) is 3.83. The van der Waals surface area contributed by atoms with Crippen molar-refractivity contribution in [3.8, 4) is 35.0 Å². The van der Waals surface area contributed by atoms with Crippen molar-refractivity contribution in [1.29, 1.82) is 10.5 Å². The average Bonchev–Trinajstić information content (AvgIpc) is 3.57. The Hall–Kier alpha value is -3.78. The van der Waals surface area contributed by atoms with Gasteiger partial charge in [-0.25, -0.2) is 0 Å². The van der Waals surface area contributed by atoms with Gasteiger partial charge in [-0.2, -0.15) is 10.5 Å². The molecule has 5 nitrogen and oxygen atoms in total. The normalized spacial score (nSPS) is 12.5. The van der Waals surface area contributed by atoms with Crippen molar-refractivity contribution in [2.24, 2.45) is 0 Å². The molecule has 5 rings (SSSR count). The van der Waals surface area contributed by atoms with Gasteiger partial charge in [-0.3, -0.25) is 0 Å². The summed E-state index contributed by atoms with van der Waals surface area (Å²) in [6, 6.07) is 16.5. The second-order valence-corrected chi connectivity index (χ2v) is 9.93. The van der Waals surface area contributed by atoms with Crippen LogP contribution in [-0.4, -0.2) is 4.57 Å². The molecule has 0 radical (unpaired) electrons. The van der Waals surface area contributed by atoms with Crippen LogP contribution in [0.25, 0.3) is 55.6 Å². The van der Waals surface area contributed by atoms with Crippen LogP contribution < -0.4 is 0 Å². The van der Waals surface area contributed by atoms with E-state index in [4.69, 9.17) is 19.4 Å². The number of hydrogen-bond acceptors (Lipinski definition) is 6. The number of rotatable bonds is 5. The number of fused-ring (bicyclic) bond motifs is 2. The molecule has 0 fully saturated rings. The highest BCUT2D eigenvalue weighted by Crippen LogP contribution is 2.39. The third kappa shape index (κ3) is 3.82. The Bertz CT molecular complexity index is 1470. The van der Waals surface area contributed by atoms with E-state index in [0.717, 1.165) is 59.8 Å². The molecule has 0 aliphatic carbocycles. The Morgan fingerprint density at radius 2 is 1.30 bits per heavy atom. The molecule has 0 saturated carbocycles. The molecule has 0 saturated heterocycles. The summed E-state index contributed by atoms with van der Waals surface area (Å²) in [7, 11) is 0. The van der Waals surface area contributed by atoms with Crippen molar-refractivity contribution >= 4 is 55.4 Å². The van der Waals surface area contributed by atoms with E-state index >= 15 is 0 Å². The maximum Gasteiger partial charge on any atom is 0.152 e. The molecule has 0 spiro atoms. The zero-order valence-corrected chi connectivity index (χ0v) is 19.9. The first-order valence-electron chi connectivity index (χ1n) is 10.4. The second kappa shape index (κ2) is 8.29. The van der Waals surface area contributed by atoms with Crippen LogP contribution >= 0.6 is 22.7 Å². The van der Waals surface area contributed by atoms with Gasteiger partial charge in [0.15, 0.2) is 11.5 Å². The molecule has 5 heterocycles. The molecule has 0 atom stereocenters. The van der Waals surface area contributed by atoms with Gasteiger partial charge in [0.2, 0.25) is 0 Å². The lowest BCUT2D eigenvalue weighted by atomic mass is 10.3. The average molecular weight is 470 g/mol. The van der Waals surface area contributed by atoms with Gasteiger partial charge in [-0.15, -0.1) is 22.7 Å². The van der Waals surface area contributed by atoms with Crippen LogP contribution in [-0.2, 0) is 6.54 Å². The molecule has 5 aromatic rings. The summed E-state index contributed by atoms with van der Waals surface area (Å²) < 4.78 is 16.6. The Morgan fingerprint density at radius 3 is 1.67 bits per heavy atom. The third-order valence-electron chi connectivity index (χ3n) is 5.32. The fourth-order valence-corrected chi connectivity index (χ4v) is 5.88. The summed E-state index contributed by atoms with van der Waals surface area (Å²) in [5, 5.41) is 18.0. The number of nitriles is 2. The molecule has 33 heavy (non-hydrogen) atoms. The van der Waals surface area contributed by atoms with Crippen molar-refractivity contribution < 1.29 is 8.83 Å². The van der Waals surface area contributed by atoms with E-state index in [1.807, 2.05) is 24.3 Å². The van der Waals surface area contributed by atoms with Crippen molar-refractivity contribution in [2.45, 2.75) is 27.3 Å². The molecule has 0 aliphatic heterocycles. The van der Waals surface area contributed by atoms with Gasteiger partial charge in [0.25, 0.3) is 0 Å². The van der Waals surface area contributed by atoms with Crippen LogP contribution in [0, 0.1) is 22.7 Å². The van der Waals surface area contributed by atoms with Gasteiger partial charge < -0.3 is 13.4 Å². The van der Waals surface area contributed by atoms with Crippen LogP contribution in [0.5, 0.6) is 0 Å². The summed E-state index contributed by atoms with van der Waals surface area (Å²) in [6.45, 7) is 6.47. The summed E-state index contributed by atoms with van der Waals surface area (Å²) in [4.78, 5) is 2.02. The highest BCUT2D eigenvalue weighted by atomic mass is 32.1. The van der Waals surface area contributed by atoms with E-state index in [9.17, 15) is 0 Å². The topological polar surface area (TPSA) is 78.8 Å². The quantitative estimate of drug-likeness (QED) is 0.242. The zero-order chi connectivity index (χ0) is 23.1. The molecule has 0 aromatic carbocycles. The second-order valence-electron chi connectivity index (χ2n) is 7.70. The standard InChI is InChI=1S/C26H19N3O2S2/c1-4-29-19(21-11-25-23(30-21)9-17(32-25)7-15(2)13-27)5-6-20(29)22-12-26-24(31-22)10-18(33-26)8-16(3)14-28/h5-12H,4H2,1-3H3/b15-7-,16-8-. The Morgan fingerprint density at radius 1 is 0.848 bits per heavy atom. The number of nitrogens with zero attached hydrogens (tertiary/aromatic N) is 3. The highest BCUT2D eigenvalue weighted by Gasteiger charge is 2.18. The molecule has 0 N–H and O–H groups in total. The van der Waals surface area contributed by atoms with Crippen molar-refractivity contribution in [2.75, 3.05) is 0 Å². The first kappa shape index (κ1) is 21.1. The number of furan rings is 2. The lowest BCUT2D eigenvalue weighted by Crippen LogP contribution is -1.98. The fraction of sp³-hybridized carbons (Fsp3) is 0.154. The van der Waals surface area contributed by atoms with Gasteiger partial charge in [0.05, 0.1) is 32.9 Å². The molecule has 5 aromatic heterocycles. The summed E-state index contributed by atoms with van der Waals surface area (Å²) in [5.74, 6) is 1.62. The van der Waals surface area contributed by atoms with Crippen LogP contribution in [0.1, 0.15) is 30.5 Å². The van der Waals surface area contributed by atoms with Crippen molar-refractivity contribution in [3.63, 3.8) is 0 Å². The molecule has 0 unspecified atom stereocenters. The first-order valence-corrected chi connectivity index (χ1v) is 12.1. The number of allylic oxidation sites excluding steroid dienone is 2. The van der Waals surface area contributed by atoms with Crippen LogP contribution in [0.15, 0.2) is 56.4 Å². The Balaban J connectivity index is 1.50. The lowest BCUT2D eigenvalue weighted by molar-refractivity contribution is 0.608. The van der Waals surface area contributed by atoms with Gasteiger partial charge in [-0.05, 0) is 57.2 Å². The van der Waals surface area contributed by atoms with E-state index in [1.165, 1.54) is 0 Å². The van der Waals surface area contributed by atoms with E-state index in [0.29, 0.717) is 11.1 Å². The molecular formula is C26H19N3O2S2. The van der Waals surface area contributed by atoms with E-state index in [-0.39, 0.29) is 0 Å². The van der Waals surface area contributed by atoms with Crippen LogP contribution in [0.4, 0.5) is 0 Å². The Kier molecular flexibility index (Phi) is 5.30. The largest absolute Gasteiger partial charge is 0.454 e. The smallest absolute Gasteiger partial charge is 0.152 e. The molecule has 0 bridgehead atoms. The zero-order valence-electron chi connectivity index (χ0n) is 18.3. The number of aromatic nitrogens is 1. The lowest BCUT2D eigenvalue weighted by Gasteiger charge is -2.08. The molecule has 0 amide bonds. The minimum atomic E-state index is 0.672. The summed E-state index contributed by atoms with van der Waals surface area (Å²) in [5.41, 5.74) is 4.98. The first-order chi connectivity index (χ1) is 16.0. The monoisotopic (exact) mass is 469 g/mol. The highest BCUT2D eigenvalue weighted by molar-refractivity contribution is 7.20. The minimum Gasteiger partial charge on any atom is -0.454 e. The van der Waals surface area contributed by atoms with Gasteiger partial charge in [0, 0.05) is 39.6 Å². The SMILES string of the molecule is CCn1c(-c2cc3sc(/C=C(/C)C#N)cc3o2)ccc1-c1cc2sc(/C=C(/C)C#N)cc2o1. The van der Waals surface area contributed by atoms with Crippen LogP contribution in [0.2, 0.25) is 0 Å². The summed E-state index contributed by atoms with van der Waals surface area (Å²) >= 11 is 3.22. The van der Waals surface area contributed by atoms with E-state index < -0.39 is 0 Å². The number of hydrogen-bond donors (Lipinski definition) is 0. The number of thiophene rings is 2. The summed E-state index contributed by atoms with van der Waals surface area (Å²) in [6.07, 6.45) is 3.75. The molecule has 0 aliphatic rings. The third-order valence-corrected chi connectivity index (χ3v) is 7.34. The van der Waals surface area contributed by atoms with Gasteiger partial charge >= 0.3 is 0 Å².